The van der Waals surface area contributed by atoms with Crippen molar-refractivity contribution in [1.29, 1.82) is 0 Å². The highest BCUT2D eigenvalue weighted by Gasteiger charge is 2.35. The van der Waals surface area contributed by atoms with Crippen molar-refractivity contribution in [2.24, 2.45) is 0 Å². The van der Waals surface area contributed by atoms with Crippen LogP contribution >= 0.6 is 0 Å². The number of ether oxygens (including phenoxy) is 3. The number of halogens is 1. The first-order valence-corrected chi connectivity index (χ1v) is 11.8. The minimum absolute atomic E-state index is 0.259. The van der Waals surface area contributed by atoms with Gasteiger partial charge in [0.2, 0.25) is 5.95 Å². The Labute approximate surface area is 203 Å². The van der Waals surface area contributed by atoms with Crippen LogP contribution in [-0.2, 0) is 16.1 Å². The van der Waals surface area contributed by atoms with Crippen LogP contribution in [-0.4, -0.2) is 33.9 Å². The van der Waals surface area contributed by atoms with Crippen LogP contribution in [0, 0.1) is 5.82 Å². The molecule has 0 bridgehead atoms. The standard InChI is InChI=1S/C26H29FN4O4/c1-4-7-20-23(25(32)34-6-3)24(31-26(30-20)28-16-29-31)18-10-13-21(22(14-18)33-5-2)35-15-17-8-11-19(27)12-9-17/h8-14,16,24H,4-7,15H2,1-3H3,(H,28,29,30)/t24-/m1/s1. The Morgan fingerprint density at radius 3 is 2.57 bits per heavy atom. The Morgan fingerprint density at radius 1 is 1.06 bits per heavy atom. The summed E-state index contributed by atoms with van der Waals surface area (Å²) in [6.07, 6.45) is 2.96. The topological polar surface area (TPSA) is 87.5 Å². The second kappa shape index (κ2) is 11.0. The number of anilines is 1. The van der Waals surface area contributed by atoms with Crippen molar-refractivity contribution in [3.8, 4) is 11.5 Å². The van der Waals surface area contributed by atoms with E-state index in [0.717, 1.165) is 23.2 Å². The van der Waals surface area contributed by atoms with E-state index in [0.29, 0.717) is 36.0 Å². The highest BCUT2D eigenvalue weighted by Crippen LogP contribution is 2.40. The van der Waals surface area contributed by atoms with E-state index in [9.17, 15) is 9.18 Å². The molecule has 0 fully saturated rings. The number of fused-ring (bicyclic) bond motifs is 1. The molecule has 4 rings (SSSR count). The van der Waals surface area contributed by atoms with Crippen molar-refractivity contribution in [1.82, 2.24) is 14.8 Å². The summed E-state index contributed by atoms with van der Waals surface area (Å²) >= 11 is 0. The van der Waals surface area contributed by atoms with Gasteiger partial charge >= 0.3 is 5.97 Å². The van der Waals surface area contributed by atoms with Crippen LogP contribution in [0.4, 0.5) is 10.3 Å². The quantitative estimate of drug-likeness (QED) is 0.407. The Kier molecular flexibility index (Phi) is 7.64. The van der Waals surface area contributed by atoms with E-state index >= 15 is 0 Å². The zero-order valence-corrected chi connectivity index (χ0v) is 20.1. The van der Waals surface area contributed by atoms with Gasteiger partial charge in [0.25, 0.3) is 0 Å². The number of carbonyl (C=O) groups is 1. The maximum absolute atomic E-state index is 13.2. The molecule has 184 valence electrons. The van der Waals surface area contributed by atoms with Gasteiger partial charge < -0.3 is 19.5 Å². The average molecular weight is 481 g/mol. The average Bonchev–Trinajstić information content (AvgIpc) is 3.32. The fourth-order valence-corrected chi connectivity index (χ4v) is 4.04. The molecule has 0 amide bonds. The SMILES string of the molecule is CCCC1=C(C(=O)OCC)[C@@H](c2ccc(OCc3ccc(F)cc3)c(OCC)c2)n2ncnc2N1. The first kappa shape index (κ1) is 24.3. The molecule has 2 heterocycles. The Hall–Kier alpha value is -3.88. The number of hydrogen-bond acceptors (Lipinski definition) is 7. The van der Waals surface area contributed by atoms with E-state index in [-0.39, 0.29) is 19.0 Å². The molecule has 0 spiro atoms. The summed E-state index contributed by atoms with van der Waals surface area (Å²) in [5.74, 6) is 0.941. The van der Waals surface area contributed by atoms with Crippen molar-refractivity contribution in [3.63, 3.8) is 0 Å². The van der Waals surface area contributed by atoms with Crippen LogP contribution in [0.25, 0.3) is 0 Å². The molecule has 2 aromatic carbocycles. The molecule has 0 saturated heterocycles. The van der Waals surface area contributed by atoms with Crippen LogP contribution in [0.3, 0.4) is 0 Å². The van der Waals surface area contributed by atoms with Crippen LogP contribution in [0.1, 0.15) is 50.8 Å². The third kappa shape index (κ3) is 5.29. The zero-order chi connectivity index (χ0) is 24.8. The van der Waals surface area contributed by atoms with E-state index in [1.54, 1.807) is 23.7 Å². The lowest BCUT2D eigenvalue weighted by Gasteiger charge is -2.29. The molecule has 3 aromatic rings. The number of aromatic nitrogens is 3. The predicted octanol–water partition coefficient (Wildman–Crippen LogP) is 5.03. The largest absolute Gasteiger partial charge is 0.490 e. The van der Waals surface area contributed by atoms with Gasteiger partial charge in [-0.25, -0.2) is 13.9 Å². The number of esters is 1. The van der Waals surface area contributed by atoms with Crippen molar-refractivity contribution in [2.45, 2.75) is 46.3 Å². The molecule has 8 nitrogen and oxygen atoms in total. The molecule has 1 atom stereocenters. The Balaban J connectivity index is 1.72. The lowest BCUT2D eigenvalue weighted by Crippen LogP contribution is -2.30. The molecule has 1 aliphatic rings. The summed E-state index contributed by atoms with van der Waals surface area (Å²) in [5, 5.41) is 7.63. The fraction of sp³-hybridized carbons (Fsp3) is 0.346. The van der Waals surface area contributed by atoms with Crippen LogP contribution in [0.2, 0.25) is 0 Å². The summed E-state index contributed by atoms with van der Waals surface area (Å²) in [7, 11) is 0. The van der Waals surface area contributed by atoms with Crippen molar-refractivity contribution in [3.05, 3.63) is 77.0 Å². The molecule has 0 saturated carbocycles. The molecular formula is C26H29FN4O4. The highest BCUT2D eigenvalue weighted by atomic mass is 19.1. The van der Waals surface area contributed by atoms with Gasteiger partial charge in [0, 0.05) is 5.70 Å². The summed E-state index contributed by atoms with van der Waals surface area (Å²) in [5.41, 5.74) is 2.88. The molecule has 9 heteroatoms. The summed E-state index contributed by atoms with van der Waals surface area (Å²) in [6, 6.07) is 11.2. The van der Waals surface area contributed by atoms with Crippen molar-refractivity contribution >= 4 is 11.9 Å². The monoisotopic (exact) mass is 480 g/mol. The van der Waals surface area contributed by atoms with Crippen molar-refractivity contribution in [2.75, 3.05) is 18.5 Å². The molecular weight excluding hydrogens is 451 g/mol. The molecule has 35 heavy (non-hydrogen) atoms. The molecule has 0 aliphatic carbocycles. The maximum Gasteiger partial charge on any atom is 0.338 e. The van der Waals surface area contributed by atoms with E-state index in [1.807, 2.05) is 32.0 Å². The molecule has 1 aromatic heterocycles. The molecule has 0 radical (unpaired) electrons. The predicted molar refractivity (Wildman–Crippen MR) is 129 cm³/mol. The van der Waals surface area contributed by atoms with Gasteiger partial charge in [-0.05, 0) is 55.7 Å². The van der Waals surface area contributed by atoms with Gasteiger partial charge in [-0.15, -0.1) is 0 Å². The number of allylic oxidation sites excluding steroid dienone is 1. The van der Waals surface area contributed by atoms with E-state index in [2.05, 4.69) is 15.4 Å². The molecule has 0 unspecified atom stereocenters. The fourth-order valence-electron chi connectivity index (χ4n) is 4.04. The number of hydrogen-bond donors (Lipinski definition) is 1. The zero-order valence-electron chi connectivity index (χ0n) is 20.1. The molecule has 1 aliphatic heterocycles. The number of nitrogens with one attached hydrogen (secondary N) is 1. The van der Waals surface area contributed by atoms with Crippen LogP contribution in [0.15, 0.2) is 60.1 Å². The maximum atomic E-state index is 13.2. The number of rotatable bonds is 10. The van der Waals surface area contributed by atoms with E-state index in [4.69, 9.17) is 14.2 Å². The highest BCUT2D eigenvalue weighted by molar-refractivity contribution is 5.92. The lowest BCUT2D eigenvalue weighted by atomic mass is 9.93. The smallest absolute Gasteiger partial charge is 0.338 e. The van der Waals surface area contributed by atoms with Crippen molar-refractivity contribution < 1.29 is 23.4 Å². The first-order valence-electron chi connectivity index (χ1n) is 11.8. The minimum atomic E-state index is -0.542. The van der Waals surface area contributed by atoms with Gasteiger partial charge in [0.1, 0.15) is 24.8 Å². The number of nitrogens with zero attached hydrogens (tertiary/aromatic N) is 3. The first-order chi connectivity index (χ1) is 17.0. The normalized spacial score (nSPS) is 14.8. The van der Waals surface area contributed by atoms with Gasteiger partial charge in [-0.2, -0.15) is 10.1 Å². The third-order valence-electron chi connectivity index (χ3n) is 5.57. The van der Waals surface area contributed by atoms with Gasteiger partial charge in [-0.3, -0.25) is 0 Å². The van der Waals surface area contributed by atoms with E-state index < -0.39 is 12.0 Å². The number of carbonyl (C=O) groups excluding carboxylic acids is 1. The third-order valence-corrected chi connectivity index (χ3v) is 5.57. The van der Waals surface area contributed by atoms with Gasteiger partial charge in [0.05, 0.1) is 18.8 Å². The van der Waals surface area contributed by atoms with Crippen LogP contribution < -0.4 is 14.8 Å². The van der Waals surface area contributed by atoms with Crippen LogP contribution in [0.5, 0.6) is 11.5 Å². The second-order valence-electron chi connectivity index (χ2n) is 7.97. The summed E-state index contributed by atoms with van der Waals surface area (Å²) < 4.78 is 32.2. The second-order valence-corrected chi connectivity index (χ2v) is 7.97. The lowest BCUT2D eigenvalue weighted by molar-refractivity contribution is -0.139. The Morgan fingerprint density at radius 2 is 1.86 bits per heavy atom. The van der Waals surface area contributed by atoms with E-state index in [1.165, 1.54) is 18.5 Å². The van der Waals surface area contributed by atoms with Gasteiger partial charge in [-0.1, -0.05) is 31.5 Å². The van der Waals surface area contributed by atoms with Gasteiger partial charge in [0.15, 0.2) is 11.5 Å². The summed E-state index contributed by atoms with van der Waals surface area (Å²) in [6.45, 7) is 6.67. The Bertz CT molecular complexity index is 1210. The minimum Gasteiger partial charge on any atom is -0.490 e. The number of benzene rings is 2. The summed E-state index contributed by atoms with van der Waals surface area (Å²) in [4.78, 5) is 17.4. The molecule has 1 N–H and O–H groups in total.